The zero-order valence-electron chi connectivity index (χ0n) is 12.7. The highest BCUT2D eigenvalue weighted by atomic mass is 79.9. The summed E-state index contributed by atoms with van der Waals surface area (Å²) in [6, 6.07) is 4.57. The van der Waals surface area contributed by atoms with Crippen LogP contribution in [0.5, 0.6) is 0 Å². The van der Waals surface area contributed by atoms with Gasteiger partial charge in [-0.05, 0) is 47.5 Å². The van der Waals surface area contributed by atoms with E-state index in [2.05, 4.69) is 37.2 Å². The molecule has 0 bridgehead atoms. The van der Waals surface area contributed by atoms with Crippen LogP contribution in [0, 0.1) is 13.8 Å². The van der Waals surface area contributed by atoms with Crippen molar-refractivity contribution in [3.8, 4) is 0 Å². The van der Waals surface area contributed by atoms with Crippen LogP contribution in [0.1, 0.15) is 21.7 Å². The number of rotatable bonds is 2. The first kappa shape index (κ1) is 17.3. The largest absolute Gasteiger partial charge is 0.337 e. The van der Waals surface area contributed by atoms with Crippen LogP contribution in [-0.4, -0.2) is 21.7 Å². The number of aryl methyl sites for hydroxylation is 2. The summed E-state index contributed by atoms with van der Waals surface area (Å²) in [6.45, 7) is 3.55. The molecular weight excluding hydrogens is 386 g/mol. The summed E-state index contributed by atoms with van der Waals surface area (Å²) in [5, 5.41) is 7.27. The predicted octanol–water partition coefficient (Wildman–Crippen LogP) is 2.92. The van der Waals surface area contributed by atoms with Gasteiger partial charge < -0.3 is 5.32 Å². The van der Waals surface area contributed by atoms with E-state index in [1.54, 1.807) is 39.1 Å². The molecule has 1 aromatic carbocycles. The third-order valence-electron chi connectivity index (χ3n) is 3.17. The van der Waals surface area contributed by atoms with E-state index in [1.807, 2.05) is 0 Å². The van der Waals surface area contributed by atoms with E-state index in [-0.39, 0.29) is 0 Å². The van der Waals surface area contributed by atoms with Crippen LogP contribution in [0.15, 0.2) is 22.7 Å². The van der Waals surface area contributed by atoms with E-state index in [1.165, 1.54) is 4.68 Å². The fourth-order valence-corrected chi connectivity index (χ4v) is 2.64. The lowest BCUT2D eigenvalue weighted by Crippen LogP contribution is -2.44. The van der Waals surface area contributed by atoms with E-state index in [4.69, 9.17) is 11.6 Å². The molecule has 0 unspecified atom stereocenters. The standard InChI is InChI=1S/C14H15BrClN5O2/c1-7-9(16)5-4-6-10(7)17-14(23)19-18-13(22)12-11(15)8(2)20-21(12)3/h4-6H,1-3H3,(H,18,22)(H2,17,19,23). The summed E-state index contributed by atoms with van der Waals surface area (Å²) in [5.41, 5.74) is 6.89. The van der Waals surface area contributed by atoms with Crippen molar-refractivity contribution in [2.24, 2.45) is 7.05 Å². The molecule has 0 aliphatic rings. The first-order chi connectivity index (χ1) is 10.8. The maximum atomic E-state index is 12.1. The molecule has 0 fully saturated rings. The van der Waals surface area contributed by atoms with Gasteiger partial charge in [0.05, 0.1) is 10.2 Å². The molecule has 0 saturated heterocycles. The van der Waals surface area contributed by atoms with Gasteiger partial charge in [-0.1, -0.05) is 17.7 Å². The van der Waals surface area contributed by atoms with Crippen LogP contribution >= 0.6 is 27.5 Å². The van der Waals surface area contributed by atoms with Gasteiger partial charge in [0, 0.05) is 17.8 Å². The molecule has 23 heavy (non-hydrogen) atoms. The molecule has 3 amide bonds. The van der Waals surface area contributed by atoms with Crippen molar-refractivity contribution >= 4 is 45.2 Å². The van der Waals surface area contributed by atoms with Gasteiger partial charge in [0.15, 0.2) is 0 Å². The number of aromatic nitrogens is 2. The van der Waals surface area contributed by atoms with Crippen LogP contribution in [-0.2, 0) is 7.05 Å². The van der Waals surface area contributed by atoms with Crippen LogP contribution in [0.4, 0.5) is 10.5 Å². The molecule has 0 radical (unpaired) electrons. The minimum absolute atomic E-state index is 0.307. The number of benzene rings is 1. The minimum Gasteiger partial charge on any atom is -0.306 e. The number of urea groups is 1. The second-order valence-corrected chi connectivity index (χ2v) is 6.02. The Bertz CT molecular complexity index is 775. The van der Waals surface area contributed by atoms with Crippen LogP contribution in [0.25, 0.3) is 0 Å². The van der Waals surface area contributed by atoms with Crippen molar-refractivity contribution in [1.82, 2.24) is 20.6 Å². The van der Waals surface area contributed by atoms with Gasteiger partial charge in [-0.25, -0.2) is 10.2 Å². The first-order valence-electron chi connectivity index (χ1n) is 6.62. The van der Waals surface area contributed by atoms with Gasteiger partial charge in [-0.2, -0.15) is 5.10 Å². The van der Waals surface area contributed by atoms with E-state index in [0.717, 1.165) is 5.56 Å². The van der Waals surface area contributed by atoms with Crippen LogP contribution in [0.3, 0.4) is 0 Å². The summed E-state index contributed by atoms with van der Waals surface area (Å²) < 4.78 is 2.00. The highest BCUT2D eigenvalue weighted by Gasteiger charge is 2.18. The third kappa shape index (κ3) is 3.83. The fourth-order valence-electron chi connectivity index (χ4n) is 1.95. The number of halogens is 2. The Morgan fingerprint density at radius 2 is 1.96 bits per heavy atom. The summed E-state index contributed by atoms with van der Waals surface area (Å²) in [4.78, 5) is 24.0. The number of carbonyl (C=O) groups excluding carboxylic acids is 2. The van der Waals surface area contributed by atoms with Crippen molar-refractivity contribution in [3.63, 3.8) is 0 Å². The number of nitrogens with zero attached hydrogens (tertiary/aromatic N) is 2. The molecule has 3 N–H and O–H groups in total. The minimum atomic E-state index is -0.585. The molecule has 0 atom stereocenters. The van der Waals surface area contributed by atoms with Crippen molar-refractivity contribution in [2.45, 2.75) is 13.8 Å². The zero-order valence-corrected chi connectivity index (χ0v) is 15.0. The Morgan fingerprint density at radius 1 is 1.26 bits per heavy atom. The average molecular weight is 401 g/mol. The molecule has 0 aliphatic carbocycles. The van der Waals surface area contributed by atoms with Crippen LogP contribution < -0.4 is 16.2 Å². The Labute approximate surface area is 146 Å². The van der Waals surface area contributed by atoms with Gasteiger partial charge in [0.1, 0.15) is 5.69 Å². The number of hydrazine groups is 1. The average Bonchev–Trinajstić information content (AvgIpc) is 2.74. The second-order valence-electron chi connectivity index (χ2n) is 4.82. The second kappa shape index (κ2) is 7.01. The molecule has 0 spiro atoms. The summed E-state index contributed by atoms with van der Waals surface area (Å²) in [7, 11) is 1.64. The molecule has 122 valence electrons. The Hall–Kier alpha value is -2.06. The van der Waals surface area contributed by atoms with Gasteiger partial charge in [0.2, 0.25) is 0 Å². The highest BCUT2D eigenvalue weighted by molar-refractivity contribution is 9.10. The molecular formula is C14H15BrClN5O2. The lowest BCUT2D eigenvalue weighted by atomic mass is 10.2. The monoisotopic (exact) mass is 399 g/mol. The molecule has 1 aromatic heterocycles. The Kier molecular flexibility index (Phi) is 5.27. The van der Waals surface area contributed by atoms with Gasteiger partial charge >= 0.3 is 6.03 Å². The first-order valence-corrected chi connectivity index (χ1v) is 7.80. The lowest BCUT2D eigenvalue weighted by Gasteiger charge is -2.11. The van der Waals surface area contributed by atoms with Gasteiger partial charge in [0.25, 0.3) is 5.91 Å². The van der Waals surface area contributed by atoms with E-state index >= 15 is 0 Å². The normalized spacial score (nSPS) is 10.3. The highest BCUT2D eigenvalue weighted by Crippen LogP contribution is 2.22. The van der Waals surface area contributed by atoms with E-state index in [9.17, 15) is 9.59 Å². The number of nitrogens with one attached hydrogen (secondary N) is 3. The molecule has 9 heteroatoms. The SMILES string of the molecule is Cc1nn(C)c(C(=O)NNC(=O)Nc2cccc(Cl)c2C)c1Br. The molecule has 2 rings (SSSR count). The van der Waals surface area contributed by atoms with E-state index in [0.29, 0.717) is 26.6 Å². The maximum Gasteiger partial charge on any atom is 0.337 e. The molecule has 7 nitrogen and oxygen atoms in total. The van der Waals surface area contributed by atoms with E-state index < -0.39 is 11.9 Å². The van der Waals surface area contributed by atoms with Gasteiger partial charge in [-0.15, -0.1) is 0 Å². The molecule has 2 aromatic rings. The summed E-state index contributed by atoms with van der Waals surface area (Å²) >= 11 is 9.28. The summed E-state index contributed by atoms with van der Waals surface area (Å²) in [5.74, 6) is -0.488. The topological polar surface area (TPSA) is 88.1 Å². The fraction of sp³-hybridized carbons (Fsp3) is 0.214. The summed E-state index contributed by atoms with van der Waals surface area (Å²) in [6.07, 6.45) is 0. The number of hydrogen-bond acceptors (Lipinski definition) is 3. The maximum absolute atomic E-state index is 12.1. The van der Waals surface area contributed by atoms with Crippen LogP contribution in [0.2, 0.25) is 5.02 Å². The number of amides is 3. The van der Waals surface area contributed by atoms with Crippen molar-refractivity contribution in [2.75, 3.05) is 5.32 Å². The zero-order chi connectivity index (χ0) is 17.1. The number of hydrogen-bond donors (Lipinski definition) is 3. The van der Waals surface area contributed by atoms with Gasteiger partial charge in [-0.3, -0.25) is 14.9 Å². The molecule has 0 aliphatic heterocycles. The Balaban J connectivity index is 1.99. The molecule has 0 saturated carbocycles. The molecule has 1 heterocycles. The van der Waals surface area contributed by atoms with Crippen molar-refractivity contribution in [1.29, 1.82) is 0 Å². The Morgan fingerprint density at radius 3 is 2.57 bits per heavy atom. The lowest BCUT2D eigenvalue weighted by molar-refractivity contribution is 0.0927. The third-order valence-corrected chi connectivity index (χ3v) is 4.53. The predicted molar refractivity (Wildman–Crippen MR) is 91.5 cm³/mol. The van der Waals surface area contributed by atoms with Crippen molar-refractivity contribution in [3.05, 3.63) is 44.6 Å². The van der Waals surface area contributed by atoms with Crippen molar-refractivity contribution < 1.29 is 9.59 Å². The smallest absolute Gasteiger partial charge is 0.306 e. The quantitative estimate of drug-likeness (QED) is 0.677. The number of carbonyl (C=O) groups is 2. The number of anilines is 1.